The van der Waals surface area contributed by atoms with Crippen molar-refractivity contribution in [3.8, 4) is 16.9 Å². The van der Waals surface area contributed by atoms with Gasteiger partial charge in [-0.1, -0.05) is 77.1 Å². The molecule has 1 unspecified atom stereocenters. The summed E-state index contributed by atoms with van der Waals surface area (Å²) in [5.74, 6) is 0.652. The smallest absolute Gasteiger partial charge is 0.338 e. The van der Waals surface area contributed by atoms with Gasteiger partial charge in [-0.25, -0.2) is 4.79 Å². The van der Waals surface area contributed by atoms with Crippen LogP contribution in [0.3, 0.4) is 0 Å². The van der Waals surface area contributed by atoms with Crippen LogP contribution in [0.1, 0.15) is 82.5 Å². The highest BCUT2D eigenvalue weighted by Gasteiger charge is 2.09. The second-order valence-corrected chi connectivity index (χ2v) is 8.18. The molecule has 0 fully saturated rings. The van der Waals surface area contributed by atoms with Crippen molar-refractivity contribution in [3.63, 3.8) is 0 Å². The van der Waals surface area contributed by atoms with Crippen molar-refractivity contribution in [2.75, 3.05) is 6.61 Å². The normalized spacial score (nSPS) is 11.7. The van der Waals surface area contributed by atoms with Crippen molar-refractivity contribution in [3.05, 3.63) is 54.1 Å². The van der Waals surface area contributed by atoms with Gasteiger partial charge in [0.25, 0.3) is 0 Å². The Morgan fingerprint density at radius 2 is 1.45 bits per heavy atom. The molecule has 2 rings (SSSR count). The minimum absolute atomic E-state index is 0.180. The van der Waals surface area contributed by atoms with Gasteiger partial charge in [-0.05, 0) is 54.2 Å². The summed E-state index contributed by atoms with van der Waals surface area (Å²) in [5.41, 5.74) is 2.54. The summed E-state index contributed by atoms with van der Waals surface area (Å²) >= 11 is 0. The highest BCUT2D eigenvalue weighted by atomic mass is 16.5. The van der Waals surface area contributed by atoms with E-state index in [-0.39, 0.29) is 11.9 Å². The van der Waals surface area contributed by atoms with Crippen LogP contribution in [-0.4, -0.2) is 18.5 Å². The molecular weight excluding hydrogens is 388 g/mol. The summed E-state index contributed by atoms with van der Waals surface area (Å²) in [5, 5.41) is 0. The Balaban J connectivity index is 1.83. The topological polar surface area (TPSA) is 52.6 Å². The van der Waals surface area contributed by atoms with Gasteiger partial charge in [0.1, 0.15) is 5.75 Å². The molecule has 4 nitrogen and oxygen atoms in total. The van der Waals surface area contributed by atoms with Gasteiger partial charge < -0.3 is 9.47 Å². The summed E-state index contributed by atoms with van der Waals surface area (Å²) in [6.07, 6.45) is 7.97. The molecule has 0 N–H and O–H groups in total. The second kappa shape index (κ2) is 13.6. The van der Waals surface area contributed by atoms with E-state index in [0.717, 1.165) is 36.8 Å². The van der Waals surface area contributed by atoms with Crippen LogP contribution in [0.5, 0.6) is 5.75 Å². The van der Waals surface area contributed by atoms with Crippen LogP contribution < -0.4 is 4.74 Å². The molecule has 0 saturated heterocycles. The first-order chi connectivity index (χ1) is 15.0. The maximum atomic E-state index is 12.2. The van der Waals surface area contributed by atoms with E-state index in [0.29, 0.717) is 30.3 Å². The molecule has 0 spiro atoms. The number of carbonyl (C=O) groups excluding carboxylic acids is 2. The van der Waals surface area contributed by atoms with E-state index in [9.17, 15) is 9.59 Å². The molecule has 0 amide bonds. The number of unbranched alkanes of at least 4 members (excludes halogenated alkanes) is 4. The van der Waals surface area contributed by atoms with Crippen LogP contribution in [0, 0.1) is 5.92 Å². The molecule has 0 bridgehead atoms. The van der Waals surface area contributed by atoms with Crippen molar-refractivity contribution in [1.82, 2.24) is 0 Å². The van der Waals surface area contributed by atoms with Crippen molar-refractivity contribution < 1.29 is 19.1 Å². The van der Waals surface area contributed by atoms with Gasteiger partial charge in [-0.3, -0.25) is 4.79 Å². The zero-order valence-electron chi connectivity index (χ0n) is 19.2. The van der Waals surface area contributed by atoms with E-state index in [1.807, 2.05) is 24.3 Å². The summed E-state index contributed by atoms with van der Waals surface area (Å²) in [7, 11) is 0. The third kappa shape index (κ3) is 8.95. The first kappa shape index (κ1) is 24.6. The van der Waals surface area contributed by atoms with Crippen LogP contribution in [0.4, 0.5) is 0 Å². The van der Waals surface area contributed by atoms with Gasteiger partial charge >= 0.3 is 11.9 Å². The molecule has 31 heavy (non-hydrogen) atoms. The fourth-order valence-electron chi connectivity index (χ4n) is 3.21. The third-order valence-electron chi connectivity index (χ3n) is 5.57. The van der Waals surface area contributed by atoms with Gasteiger partial charge in [0.05, 0.1) is 12.2 Å². The average molecular weight is 425 g/mol. The van der Waals surface area contributed by atoms with Crippen molar-refractivity contribution in [2.24, 2.45) is 5.92 Å². The summed E-state index contributed by atoms with van der Waals surface area (Å²) < 4.78 is 10.8. The average Bonchev–Trinajstić information content (AvgIpc) is 2.79. The van der Waals surface area contributed by atoms with Gasteiger partial charge in [-0.2, -0.15) is 0 Å². The largest absolute Gasteiger partial charge is 0.462 e. The van der Waals surface area contributed by atoms with E-state index < -0.39 is 0 Å². The maximum absolute atomic E-state index is 12.2. The molecule has 1 atom stereocenters. The maximum Gasteiger partial charge on any atom is 0.338 e. The van der Waals surface area contributed by atoms with Gasteiger partial charge in [0, 0.05) is 6.42 Å². The van der Waals surface area contributed by atoms with E-state index >= 15 is 0 Å². The SMILES string of the molecule is CCCCCCCC(=O)Oc1ccc(-c2ccc(C(=O)OCCC(C)CC)cc2)cc1. The lowest BCUT2D eigenvalue weighted by molar-refractivity contribution is -0.134. The Morgan fingerprint density at radius 3 is 2.06 bits per heavy atom. The second-order valence-electron chi connectivity index (χ2n) is 8.18. The molecule has 4 heteroatoms. The zero-order valence-corrected chi connectivity index (χ0v) is 19.2. The number of esters is 2. The highest BCUT2D eigenvalue weighted by Crippen LogP contribution is 2.23. The molecule has 0 aromatic heterocycles. The summed E-state index contributed by atoms with van der Waals surface area (Å²) in [4.78, 5) is 24.1. The summed E-state index contributed by atoms with van der Waals surface area (Å²) in [6.45, 7) is 6.92. The Labute approximate surface area is 187 Å². The molecule has 0 saturated carbocycles. The molecule has 2 aromatic carbocycles. The van der Waals surface area contributed by atoms with E-state index in [1.165, 1.54) is 19.3 Å². The molecule has 0 aliphatic heterocycles. The van der Waals surface area contributed by atoms with Crippen molar-refractivity contribution in [1.29, 1.82) is 0 Å². The van der Waals surface area contributed by atoms with Gasteiger partial charge in [0.15, 0.2) is 0 Å². The molecular formula is C27H36O4. The molecule has 168 valence electrons. The minimum atomic E-state index is -0.285. The molecule has 0 radical (unpaired) electrons. The van der Waals surface area contributed by atoms with E-state index in [2.05, 4.69) is 20.8 Å². The van der Waals surface area contributed by atoms with Crippen LogP contribution in [-0.2, 0) is 9.53 Å². The molecule has 0 aliphatic carbocycles. The Hall–Kier alpha value is -2.62. The summed E-state index contributed by atoms with van der Waals surface area (Å²) in [6, 6.07) is 14.8. The van der Waals surface area contributed by atoms with Crippen molar-refractivity contribution >= 4 is 11.9 Å². The predicted octanol–water partition coefficient (Wildman–Crippen LogP) is 7.21. The van der Waals surface area contributed by atoms with Crippen LogP contribution >= 0.6 is 0 Å². The number of hydrogen-bond acceptors (Lipinski definition) is 4. The monoisotopic (exact) mass is 424 g/mol. The lowest BCUT2D eigenvalue weighted by Gasteiger charge is -2.09. The highest BCUT2D eigenvalue weighted by molar-refractivity contribution is 5.90. The first-order valence-corrected chi connectivity index (χ1v) is 11.6. The van der Waals surface area contributed by atoms with E-state index in [4.69, 9.17) is 9.47 Å². The third-order valence-corrected chi connectivity index (χ3v) is 5.57. The Bertz CT molecular complexity index is 793. The van der Waals surface area contributed by atoms with Crippen molar-refractivity contribution in [2.45, 2.75) is 72.1 Å². The van der Waals surface area contributed by atoms with Crippen LogP contribution in [0.25, 0.3) is 11.1 Å². The molecule has 2 aromatic rings. The van der Waals surface area contributed by atoms with Gasteiger partial charge in [0.2, 0.25) is 0 Å². The molecule has 0 aliphatic rings. The minimum Gasteiger partial charge on any atom is -0.462 e. The number of carbonyl (C=O) groups is 2. The van der Waals surface area contributed by atoms with Crippen LogP contribution in [0.2, 0.25) is 0 Å². The van der Waals surface area contributed by atoms with E-state index in [1.54, 1.807) is 24.3 Å². The predicted molar refractivity (Wildman–Crippen MR) is 125 cm³/mol. The van der Waals surface area contributed by atoms with Crippen LogP contribution in [0.15, 0.2) is 48.5 Å². The quantitative estimate of drug-likeness (QED) is 0.194. The molecule has 0 heterocycles. The number of ether oxygens (including phenoxy) is 2. The Morgan fingerprint density at radius 1 is 0.839 bits per heavy atom. The number of rotatable bonds is 13. The first-order valence-electron chi connectivity index (χ1n) is 11.6. The zero-order chi connectivity index (χ0) is 22.5. The standard InChI is InChI=1S/C27H36O4/c1-4-6-7-8-9-10-26(28)31-25-17-15-23(16-18-25)22-11-13-24(14-12-22)27(29)30-20-19-21(3)5-2/h11-18,21H,4-10,19-20H2,1-3H3. The number of hydrogen-bond donors (Lipinski definition) is 0. The van der Waals surface area contributed by atoms with Gasteiger partial charge in [-0.15, -0.1) is 0 Å². The fourth-order valence-corrected chi connectivity index (χ4v) is 3.21. The fraction of sp³-hybridized carbons (Fsp3) is 0.481. The lowest BCUT2D eigenvalue weighted by Crippen LogP contribution is -2.08. The number of benzene rings is 2. The Kier molecular flexibility index (Phi) is 10.8. The lowest BCUT2D eigenvalue weighted by atomic mass is 10.0.